The quantitative estimate of drug-likeness (QED) is 0.653. The Labute approximate surface area is 131 Å². The van der Waals surface area contributed by atoms with E-state index in [2.05, 4.69) is 4.98 Å². The summed E-state index contributed by atoms with van der Waals surface area (Å²) in [5.41, 5.74) is 3.18. The minimum Gasteiger partial charge on any atom is -0.369 e. The molecular weight excluding hydrogens is 336 g/mol. The summed E-state index contributed by atoms with van der Waals surface area (Å²) in [6, 6.07) is 7.57. The summed E-state index contributed by atoms with van der Waals surface area (Å²) in [6.07, 6.45) is -9.86. The van der Waals surface area contributed by atoms with Crippen LogP contribution in [0.25, 0.3) is 16.7 Å². The van der Waals surface area contributed by atoms with Gasteiger partial charge in [-0.2, -0.15) is 26.3 Å². The number of alkyl halides is 6. The van der Waals surface area contributed by atoms with E-state index in [0.717, 1.165) is 4.57 Å². The smallest absolute Gasteiger partial charge is 0.369 e. The second kappa shape index (κ2) is 5.15. The lowest BCUT2D eigenvalue weighted by molar-refractivity contribution is -0.143. The van der Waals surface area contributed by atoms with Crippen LogP contribution < -0.4 is 5.73 Å². The summed E-state index contributed by atoms with van der Waals surface area (Å²) in [7, 11) is 0. The van der Waals surface area contributed by atoms with E-state index in [0.29, 0.717) is 23.2 Å². The van der Waals surface area contributed by atoms with Crippen LogP contribution in [0.3, 0.4) is 0 Å². The fourth-order valence-corrected chi connectivity index (χ4v) is 2.38. The van der Waals surface area contributed by atoms with Gasteiger partial charge in [-0.1, -0.05) is 12.1 Å². The number of hydrogen-bond donors (Lipinski definition) is 1. The second-order valence-corrected chi connectivity index (χ2v) is 5.06. The van der Waals surface area contributed by atoms with Crippen LogP contribution in [0.4, 0.5) is 32.3 Å². The lowest BCUT2D eigenvalue weighted by Crippen LogP contribution is -2.13. The van der Waals surface area contributed by atoms with E-state index < -0.39 is 23.5 Å². The number of nitrogens with two attached hydrogens (primary N) is 1. The molecule has 3 aromatic rings. The second-order valence-electron chi connectivity index (χ2n) is 5.06. The van der Waals surface area contributed by atoms with Crippen LogP contribution in [-0.4, -0.2) is 9.55 Å². The highest BCUT2D eigenvalue weighted by Crippen LogP contribution is 2.38. The number of nitrogens with zero attached hydrogens (tertiary/aromatic N) is 2. The summed E-state index contributed by atoms with van der Waals surface area (Å²) < 4.78 is 78.9. The van der Waals surface area contributed by atoms with Crippen LogP contribution in [0.5, 0.6) is 0 Å². The van der Waals surface area contributed by atoms with Gasteiger partial charge in [0.15, 0.2) is 0 Å². The molecule has 3 rings (SSSR count). The van der Waals surface area contributed by atoms with Crippen molar-refractivity contribution in [3.63, 3.8) is 0 Å². The molecule has 0 saturated carbocycles. The van der Waals surface area contributed by atoms with Crippen LogP contribution >= 0.6 is 0 Å². The maximum atomic E-state index is 13.0. The molecule has 0 radical (unpaired) electrons. The van der Waals surface area contributed by atoms with Gasteiger partial charge in [-0.05, 0) is 30.3 Å². The minimum atomic E-state index is -4.93. The molecule has 0 unspecified atom stereocenters. The first kappa shape index (κ1) is 16.2. The monoisotopic (exact) mass is 345 g/mol. The number of aromatic nitrogens is 2. The Morgan fingerprint density at radius 2 is 1.38 bits per heavy atom. The lowest BCUT2D eigenvalue weighted by atomic mass is 10.1. The zero-order valence-corrected chi connectivity index (χ0v) is 11.8. The predicted octanol–water partition coefficient (Wildman–Crippen LogP) is 4.65. The highest BCUT2D eigenvalue weighted by atomic mass is 19.4. The number of anilines is 1. The molecule has 0 bridgehead atoms. The van der Waals surface area contributed by atoms with Gasteiger partial charge in [-0.25, -0.2) is 4.98 Å². The number of imidazole rings is 1. The average Bonchev–Trinajstić information content (AvgIpc) is 2.80. The van der Waals surface area contributed by atoms with Crippen molar-refractivity contribution in [1.82, 2.24) is 9.55 Å². The van der Waals surface area contributed by atoms with Crippen LogP contribution in [-0.2, 0) is 12.4 Å². The van der Waals surface area contributed by atoms with Gasteiger partial charge in [0.25, 0.3) is 0 Å². The molecule has 0 aliphatic heterocycles. The number of halogens is 6. The largest absolute Gasteiger partial charge is 0.416 e. The lowest BCUT2D eigenvalue weighted by Gasteiger charge is -2.15. The Balaban J connectivity index is 2.32. The normalized spacial score (nSPS) is 12.8. The molecule has 0 aliphatic carbocycles. The van der Waals surface area contributed by atoms with E-state index in [4.69, 9.17) is 5.73 Å². The SMILES string of the molecule is Nc1nc2ccccc2n1-c1cc(C(F)(F)F)cc(C(F)(F)F)c1. The molecule has 3 nitrogen and oxygen atoms in total. The molecule has 0 aliphatic rings. The molecule has 0 spiro atoms. The maximum Gasteiger partial charge on any atom is 0.416 e. The summed E-state index contributed by atoms with van der Waals surface area (Å²) in [6.45, 7) is 0. The van der Waals surface area contributed by atoms with Crippen molar-refractivity contribution >= 4 is 17.0 Å². The molecule has 9 heteroatoms. The number of para-hydroxylation sites is 2. The molecule has 0 amide bonds. The van der Waals surface area contributed by atoms with Gasteiger partial charge in [0.2, 0.25) is 5.95 Å². The molecule has 2 N–H and O–H groups in total. The van der Waals surface area contributed by atoms with Gasteiger partial charge >= 0.3 is 12.4 Å². The molecule has 126 valence electrons. The molecule has 0 saturated heterocycles. The first-order chi connectivity index (χ1) is 11.1. The van der Waals surface area contributed by atoms with Crippen molar-refractivity contribution < 1.29 is 26.3 Å². The maximum absolute atomic E-state index is 13.0. The number of fused-ring (bicyclic) bond motifs is 1. The Kier molecular flexibility index (Phi) is 3.47. The standard InChI is InChI=1S/C15H9F6N3/c16-14(17,18)8-5-9(15(19,20)21)7-10(6-8)24-12-4-2-1-3-11(12)23-13(24)22/h1-7H,(H2,22,23). The fraction of sp³-hybridized carbons (Fsp3) is 0.133. The highest BCUT2D eigenvalue weighted by molar-refractivity contribution is 5.80. The molecule has 24 heavy (non-hydrogen) atoms. The molecule has 1 aromatic heterocycles. The first-order valence-electron chi connectivity index (χ1n) is 6.60. The summed E-state index contributed by atoms with van der Waals surface area (Å²) in [5.74, 6) is -0.205. The number of nitrogen functional groups attached to an aromatic ring is 1. The molecule has 1 heterocycles. The predicted molar refractivity (Wildman–Crippen MR) is 75.5 cm³/mol. The number of rotatable bonds is 1. The van der Waals surface area contributed by atoms with Crippen molar-refractivity contribution in [1.29, 1.82) is 0 Å². The van der Waals surface area contributed by atoms with Gasteiger partial charge in [-0.15, -0.1) is 0 Å². The van der Waals surface area contributed by atoms with Crippen LogP contribution in [0.15, 0.2) is 42.5 Å². The van der Waals surface area contributed by atoms with Crippen LogP contribution in [0, 0.1) is 0 Å². The third-order valence-corrected chi connectivity index (χ3v) is 3.42. The van der Waals surface area contributed by atoms with E-state index in [1.165, 1.54) is 6.07 Å². The Morgan fingerprint density at radius 3 is 1.92 bits per heavy atom. The van der Waals surface area contributed by atoms with Crippen LogP contribution in [0.1, 0.15) is 11.1 Å². The number of hydrogen-bond acceptors (Lipinski definition) is 2. The van der Waals surface area contributed by atoms with Crippen molar-refractivity contribution in [3.8, 4) is 5.69 Å². The van der Waals surface area contributed by atoms with Crippen LogP contribution in [0.2, 0.25) is 0 Å². The van der Waals surface area contributed by atoms with Gasteiger partial charge in [-0.3, -0.25) is 4.57 Å². The highest BCUT2D eigenvalue weighted by Gasteiger charge is 2.37. The van der Waals surface area contributed by atoms with E-state index >= 15 is 0 Å². The summed E-state index contributed by atoms with van der Waals surface area (Å²) >= 11 is 0. The van der Waals surface area contributed by atoms with E-state index in [9.17, 15) is 26.3 Å². The topological polar surface area (TPSA) is 43.8 Å². The fourth-order valence-electron chi connectivity index (χ4n) is 2.38. The molecule has 2 aromatic carbocycles. The summed E-state index contributed by atoms with van der Waals surface area (Å²) in [4.78, 5) is 3.95. The number of benzene rings is 2. The summed E-state index contributed by atoms with van der Waals surface area (Å²) in [5, 5.41) is 0. The minimum absolute atomic E-state index is 0.0683. The van der Waals surface area contributed by atoms with Gasteiger partial charge < -0.3 is 5.73 Å². The Hall–Kier alpha value is -2.71. The average molecular weight is 345 g/mol. The first-order valence-corrected chi connectivity index (χ1v) is 6.60. The molecule has 0 atom stereocenters. The zero-order valence-electron chi connectivity index (χ0n) is 11.8. The van der Waals surface area contributed by atoms with E-state index in [-0.39, 0.29) is 17.7 Å². The Bertz CT molecular complexity index is 875. The third-order valence-electron chi connectivity index (χ3n) is 3.42. The molecule has 0 fully saturated rings. The van der Waals surface area contributed by atoms with Gasteiger partial charge in [0, 0.05) is 0 Å². The van der Waals surface area contributed by atoms with Crippen molar-refractivity contribution in [2.75, 3.05) is 5.73 Å². The zero-order chi connectivity index (χ0) is 17.7. The van der Waals surface area contributed by atoms with Crippen molar-refractivity contribution in [2.24, 2.45) is 0 Å². The van der Waals surface area contributed by atoms with Crippen molar-refractivity contribution in [2.45, 2.75) is 12.4 Å². The van der Waals surface area contributed by atoms with Gasteiger partial charge in [0.1, 0.15) is 0 Å². The van der Waals surface area contributed by atoms with Gasteiger partial charge in [0.05, 0.1) is 27.8 Å². The molecular formula is C15H9F6N3. The van der Waals surface area contributed by atoms with E-state index in [1.807, 2.05) is 0 Å². The third kappa shape index (κ3) is 2.77. The Morgan fingerprint density at radius 1 is 0.833 bits per heavy atom. The van der Waals surface area contributed by atoms with Crippen molar-refractivity contribution in [3.05, 3.63) is 53.6 Å². The van der Waals surface area contributed by atoms with E-state index in [1.54, 1.807) is 18.2 Å².